The third-order valence-corrected chi connectivity index (χ3v) is 17.0. The van der Waals surface area contributed by atoms with E-state index < -0.39 is 13.7 Å². The van der Waals surface area contributed by atoms with Crippen LogP contribution in [0.2, 0.25) is 18.6 Å². The zero-order valence-electron chi connectivity index (χ0n) is 33.7. The molecule has 0 aliphatic carbocycles. The molecule has 3 aliphatic rings. The summed E-state index contributed by atoms with van der Waals surface area (Å²) in [5.41, 5.74) is 2.74. The van der Waals surface area contributed by atoms with Crippen LogP contribution in [0.1, 0.15) is 74.6 Å². The van der Waals surface area contributed by atoms with E-state index in [-0.39, 0.29) is 54.3 Å². The lowest BCUT2D eigenvalue weighted by atomic mass is 9.82. The van der Waals surface area contributed by atoms with Crippen LogP contribution in [0.25, 0.3) is 0 Å². The molecule has 0 saturated carbocycles. The van der Waals surface area contributed by atoms with Crippen molar-refractivity contribution in [3.05, 3.63) is 95.8 Å². The number of ether oxygens (including phenoxy) is 3. The van der Waals surface area contributed by atoms with Gasteiger partial charge in [-0.15, -0.1) is 5.10 Å². The molecular weight excluding hydrogens is 739 g/mol. The normalized spacial score (nSPS) is 22.6. The molecular formula is C44H55N5O7Si. The van der Waals surface area contributed by atoms with Gasteiger partial charge in [0.1, 0.15) is 5.75 Å². The highest BCUT2D eigenvalue weighted by Crippen LogP contribution is 2.60. The first-order chi connectivity index (χ1) is 27.5. The Kier molecular flexibility index (Phi) is 12.0. The Hall–Kier alpha value is -4.85. The predicted molar refractivity (Wildman–Crippen MR) is 220 cm³/mol. The number of nitrogens with zero attached hydrogens (tertiary/aromatic N) is 5. The van der Waals surface area contributed by atoms with E-state index >= 15 is 4.79 Å². The minimum atomic E-state index is -2.43. The summed E-state index contributed by atoms with van der Waals surface area (Å²) in [5.74, 6) is -0.0276. The number of aliphatic hydroxyl groups is 1. The molecule has 2 amide bonds. The Bertz CT molecular complexity index is 2060. The lowest BCUT2D eigenvalue weighted by Gasteiger charge is -2.37. The number of fused-ring (bicyclic) bond motifs is 2. The molecule has 0 radical (unpaired) electrons. The van der Waals surface area contributed by atoms with Gasteiger partial charge in [-0.2, -0.15) is 0 Å². The monoisotopic (exact) mass is 793 g/mol. The van der Waals surface area contributed by atoms with E-state index in [9.17, 15) is 14.7 Å². The van der Waals surface area contributed by atoms with E-state index in [2.05, 4.69) is 42.5 Å². The average Bonchev–Trinajstić information content (AvgIpc) is 3.89. The number of rotatable bonds is 15. The summed E-state index contributed by atoms with van der Waals surface area (Å²) < 4.78 is 19.6. The van der Waals surface area contributed by atoms with Crippen LogP contribution in [0, 0.1) is 5.92 Å². The van der Waals surface area contributed by atoms with Crippen molar-refractivity contribution in [1.82, 2.24) is 15.0 Å². The molecule has 57 heavy (non-hydrogen) atoms. The second-order valence-corrected chi connectivity index (χ2v) is 20.9. The van der Waals surface area contributed by atoms with Crippen molar-refractivity contribution in [1.29, 1.82) is 0 Å². The van der Waals surface area contributed by atoms with Gasteiger partial charge in [0.2, 0.25) is 5.91 Å². The third kappa shape index (κ3) is 7.64. The zero-order valence-corrected chi connectivity index (χ0v) is 34.7. The van der Waals surface area contributed by atoms with Crippen LogP contribution in [0.4, 0.5) is 11.4 Å². The van der Waals surface area contributed by atoms with Crippen LogP contribution < -0.4 is 19.7 Å². The first kappa shape index (κ1) is 40.3. The van der Waals surface area contributed by atoms with Crippen molar-refractivity contribution in [2.45, 2.75) is 94.7 Å². The smallest absolute Gasteiger partial charge is 0.305 e. The number of hydrogen-bond acceptors (Lipinski definition) is 9. The van der Waals surface area contributed by atoms with Crippen LogP contribution in [-0.2, 0) is 36.0 Å². The summed E-state index contributed by atoms with van der Waals surface area (Å²) in [5, 5.41) is 20.5. The lowest BCUT2D eigenvalue weighted by Crippen LogP contribution is -2.52. The maximum atomic E-state index is 15.3. The molecule has 1 aromatic heterocycles. The molecule has 1 N–H and O–H groups in total. The molecule has 302 valence electrons. The Morgan fingerprint density at radius 1 is 1.02 bits per heavy atom. The Labute approximate surface area is 336 Å². The predicted octanol–water partition coefficient (Wildman–Crippen LogP) is 5.92. The summed E-state index contributed by atoms with van der Waals surface area (Å²) in [6, 6.07) is 24.1. The average molecular weight is 794 g/mol. The van der Waals surface area contributed by atoms with Crippen LogP contribution in [-0.4, -0.2) is 86.0 Å². The van der Waals surface area contributed by atoms with E-state index in [1.807, 2.05) is 81.3 Å². The molecule has 4 heterocycles. The lowest BCUT2D eigenvalue weighted by molar-refractivity contribution is -0.146. The van der Waals surface area contributed by atoms with Gasteiger partial charge in [-0.25, -0.2) is 0 Å². The number of benzene rings is 3. The molecule has 1 spiro atoms. The maximum Gasteiger partial charge on any atom is 0.305 e. The van der Waals surface area contributed by atoms with E-state index in [0.717, 1.165) is 41.1 Å². The summed E-state index contributed by atoms with van der Waals surface area (Å²) in [4.78, 5) is 44.1. The molecule has 13 heteroatoms. The summed E-state index contributed by atoms with van der Waals surface area (Å²) in [6.07, 6.45) is 5.92. The van der Waals surface area contributed by atoms with Crippen LogP contribution in [0.3, 0.4) is 0 Å². The number of aromatic nitrogens is 3. The first-order valence-electron chi connectivity index (χ1n) is 20.2. The van der Waals surface area contributed by atoms with Gasteiger partial charge < -0.3 is 29.1 Å². The van der Waals surface area contributed by atoms with Crippen molar-refractivity contribution in [2.24, 2.45) is 5.92 Å². The molecule has 5 atom stereocenters. The number of esters is 1. The van der Waals surface area contributed by atoms with E-state index in [1.54, 1.807) is 7.11 Å². The number of unbranched alkanes of at least 4 members (excludes halogenated alkanes) is 1. The van der Waals surface area contributed by atoms with Crippen molar-refractivity contribution < 1.29 is 33.7 Å². The number of amides is 2. The minimum Gasteiger partial charge on any atom is -0.497 e. The summed E-state index contributed by atoms with van der Waals surface area (Å²) >= 11 is 0. The van der Waals surface area contributed by atoms with Crippen LogP contribution in [0.15, 0.2) is 79.0 Å². The van der Waals surface area contributed by atoms with Gasteiger partial charge in [-0.3, -0.25) is 19.1 Å². The molecule has 3 aromatic carbocycles. The third-order valence-electron chi connectivity index (χ3n) is 12.6. The number of methoxy groups -OCH3 is 2. The second-order valence-electron chi connectivity index (χ2n) is 16.2. The van der Waals surface area contributed by atoms with Crippen LogP contribution >= 0.6 is 0 Å². The number of anilines is 2. The molecule has 3 aliphatic heterocycles. The number of carbonyl (C=O) groups excluding carboxylic acids is 3. The van der Waals surface area contributed by atoms with Crippen molar-refractivity contribution >= 4 is 42.4 Å². The highest BCUT2D eigenvalue weighted by Gasteiger charge is 2.66. The van der Waals surface area contributed by atoms with Crippen molar-refractivity contribution in [2.75, 3.05) is 43.7 Å². The molecule has 12 nitrogen and oxygen atoms in total. The van der Waals surface area contributed by atoms with Gasteiger partial charge in [0.25, 0.3) is 5.91 Å². The highest BCUT2D eigenvalue weighted by atomic mass is 28.3. The minimum absolute atomic E-state index is 0.000236. The summed E-state index contributed by atoms with van der Waals surface area (Å²) in [7, 11) is 0.626. The zero-order chi connectivity index (χ0) is 40.3. The van der Waals surface area contributed by atoms with Gasteiger partial charge in [-0.05, 0) is 73.5 Å². The van der Waals surface area contributed by atoms with Crippen molar-refractivity contribution in [3.8, 4) is 5.75 Å². The molecule has 2 saturated heterocycles. The van der Waals surface area contributed by atoms with E-state index in [1.165, 1.54) is 12.3 Å². The molecule has 7 rings (SSSR count). The van der Waals surface area contributed by atoms with Gasteiger partial charge >= 0.3 is 5.97 Å². The maximum absolute atomic E-state index is 15.3. The molecule has 2 fully saturated rings. The highest BCUT2D eigenvalue weighted by molar-refractivity contribution is 6.91. The quantitative estimate of drug-likeness (QED) is 0.0884. The van der Waals surface area contributed by atoms with Crippen LogP contribution in [0.5, 0.6) is 5.75 Å². The molecule has 0 bridgehead atoms. The number of aliphatic hydroxyl groups excluding tert-OH is 1. The number of carbonyl (C=O) groups is 3. The number of piperidine rings is 1. The van der Waals surface area contributed by atoms with Gasteiger partial charge in [-0.1, -0.05) is 72.9 Å². The standard InChI is InChI=1S/C44H55N5O7Si/c1-30-42(57(4,5)34-20-18-33(54-2)19-21-34)39(23-26-47-28-37(45-46-47)35(29-50)31-13-7-6-8-14-31)56-44(30)36-27-32(48-24-11-9-15-40(48)51)17-22-38(36)49(43(44)53)25-12-10-16-41(52)55-3/h6-8,13-14,17-22,27-28,30,35,39,42,50H,9-12,15-16,23-26,29H2,1-5H3/t30-,35?,39+,42-,44+/m0/s1. The SMILES string of the molecule is COC(=O)CCCCN1C(=O)[C@]2(O[C@H](CCn3cc(C(CO)c4ccccc4)nn3)[C@@H]([Si](C)(C)c3ccc(OC)cc3)[C@@H]2C)c2cc(N3CCCCC3=O)ccc21. The molecule has 4 aromatic rings. The Morgan fingerprint density at radius 3 is 2.49 bits per heavy atom. The number of hydrogen-bond donors (Lipinski definition) is 1. The Morgan fingerprint density at radius 2 is 1.79 bits per heavy atom. The van der Waals surface area contributed by atoms with Gasteiger partial charge in [0.05, 0.1) is 52.3 Å². The first-order valence-corrected chi connectivity index (χ1v) is 23.3. The van der Waals surface area contributed by atoms with Gasteiger partial charge in [0.15, 0.2) is 5.60 Å². The fourth-order valence-electron chi connectivity index (χ4n) is 9.58. The van der Waals surface area contributed by atoms with E-state index in [4.69, 9.17) is 14.2 Å². The number of aryl methyl sites for hydroxylation is 1. The molecule has 1 unspecified atom stereocenters. The fourth-order valence-corrected chi connectivity index (χ4v) is 13.6. The summed E-state index contributed by atoms with van der Waals surface area (Å²) in [6.45, 7) is 8.35. The Balaban J connectivity index is 1.26. The van der Waals surface area contributed by atoms with Gasteiger partial charge in [0, 0.05) is 55.8 Å². The largest absolute Gasteiger partial charge is 0.497 e. The van der Waals surface area contributed by atoms with Crippen molar-refractivity contribution in [3.63, 3.8) is 0 Å². The fraction of sp³-hybridized carbons (Fsp3) is 0.477. The second kappa shape index (κ2) is 16.9. The topological polar surface area (TPSA) is 136 Å². The van der Waals surface area contributed by atoms with E-state index in [0.29, 0.717) is 51.0 Å².